The molecular formula is C7H12O2. The highest BCUT2D eigenvalue weighted by Gasteiger charge is 1.98. The average molecular weight is 128 g/mol. The molecule has 2 heteroatoms. The Kier molecular flexibility index (Phi) is 3.76. The Bertz CT molecular complexity index is 125. The van der Waals surface area contributed by atoms with Gasteiger partial charge in [-0.15, -0.1) is 0 Å². The summed E-state index contributed by atoms with van der Waals surface area (Å²) in [7, 11) is 1.53. The van der Waals surface area contributed by atoms with E-state index in [1.807, 2.05) is 6.92 Å². The summed E-state index contributed by atoms with van der Waals surface area (Å²) in [6.45, 7) is 3.57. The second kappa shape index (κ2) is 4.13. The van der Waals surface area contributed by atoms with Gasteiger partial charge in [0, 0.05) is 12.0 Å². The largest absolute Gasteiger partial charge is 0.504 e. The summed E-state index contributed by atoms with van der Waals surface area (Å²) >= 11 is 0. The van der Waals surface area contributed by atoms with Gasteiger partial charge in [-0.25, -0.2) is 0 Å². The maximum atomic E-state index is 10.8. The minimum atomic E-state index is 0.136. The van der Waals surface area contributed by atoms with Crippen LogP contribution in [0.3, 0.4) is 0 Å². The van der Waals surface area contributed by atoms with Crippen LogP contribution in [0.2, 0.25) is 0 Å². The zero-order valence-electron chi connectivity index (χ0n) is 6.10. The summed E-state index contributed by atoms with van der Waals surface area (Å²) < 4.78 is 4.64. The number of methoxy groups -OCH3 is 1. The summed E-state index contributed by atoms with van der Waals surface area (Å²) in [5.74, 6) is 0.136. The number of allylic oxidation sites excluding steroid dienone is 1. The van der Waals surface area contributed by atoms with Crippen LogP contribution in [-0.2, 0) is 9.53 Å². The first kappa shape index (κ1) is 8.21. The lowest BCUT2D eigenvalue weighted by atomic mass is 10.2. The third kappa shape index (κ3) is 2.90. The van der Waals surface area contributed by atoms with Crippen molar-refractivity contribution in [2.75, 3.05) is 7.11 Å². The van der Waals surface area contributed by atoms with Crippen molar-refractivity contribution in [3.63, 3.8) is 0 Å². The van der Waals surface area contributed by atoms with Crippen molar-refractivity contribution >= 4 is 5.78 Å². The molecule has 0 aliphatic heterocycles. The molecule has 0 unspecified atom stereocenters. The molecule has 0 saturated heterocycles. The molecule has 0 aliphatic rings. The number of Topliss-reactive ketones (excluding diaryl/α,β-unsaturated/α-hetero) is 1. The molecule has 0 N–H and O–H groups in total. The van der Waals surface area contributed by atoms with Crippen LogP contribution < -0.4 is 0 Å². The number of hydrogen-bond donors (Lipinski definition) is 0. The van der Waals surface area contributed by atoms with Crippen molar-refractivity contribution in [3.05, 3.63) is 11.8 Å². The van der Waals surface area contributed by atoms with E-state index in [-0.39, 0.29) is 5.78 Å². The molecule has 0 aromatic rings. The summed E-state index contributed by atoms with van der Waals surface area (Å²) in [6.07, 6.45) is 2.01. The molecule has 0 saturated carbocycles. The predicted octanol–water partition coefficient (Wildman–Crippen LogP) is 1.52. The van der Waals surface area contributed by atoms with E-state index in [0.29, 0.717) is 12.0 Å². The predicted molar refractivity (Wildman–Crippen MR) is 36.1 cm³/mol. The van der Waals surface area contributed by atoms with Gasteiger partial charge in [0.1, 0.15) is 0 Å². The lowest BCUT2D eigenvalue weighted by molar-refractivity contribution is -0.115. The lowest BCUT2D eigenvalue weighted by Gasteiger charge is -1.94. The highest BCUT2D eigenvalue weighted by Crippen LogP contribution is 1.96. The Morgan fingerprint density at radius 3 is 2.56 bits per heavy atom. The van der Waals surface area contributed by atoms with Gasteiger partial charge in [0.05, 0.1) is 13.4 Å². The van der Waals surface area contributed by atoms with Crippen LogP contribution >= 0.6 is 0 Å². The highest BCUT2D eigenvalue weighted by molar-refractivity contribution is 5.94. The molecule has 0 fully saturated rings. The van der Waals surface area contributed by atoms with Gasteiger partial charge < -0.3 is 4.74 Å². The first-order valence-electron chi connectivity index (χ1n) is 2.95. The first-order chi connectivity index (χ1) is 4.22. The van der Waals surface area contributed by atoms with Crippen LogP contribution in [0, 0.1) is 0 Å². The van der Waals surface area contributed by atoms with Gasteiger partial charge in [-0.2, -0.15) is 0 Å². The van der Waals surface area contributed by atoms with Gasteiger partial charge in [-0.1, -0.05) is 6.92 Å². The average Bonchev–Trinajstić information content (AvgIpc) is 1.87. The fraction of sp³-hybridized carbons (Fsp3) is 0.571. The van der Waals surface area contributed by atoms with E-state index in [4.69, 9.17) is 0 Å². The van der Waals surface area contributed by atoms with Crippen LogP contribution in [0.5, 0.6) is 0 Å². The van der Waals surface area contributed by atoms with Gasteiger partial charge >= 0.3 is 0 Å². The molecule has 52 valence electrons. The third-order valence-corrected chi connectivity index (χ3v) is 1.06. The fourth-order valence-electron chi connectivity index (χ4n) is 0.521. The SMILES string of the molecule is CCC(=O)/C(C)=C/OC. The fourth-order valence-corrected chi connectivity index (χ4v) is 0.521. The molecule has 0 aromatic heterocycles. The molecule has 0 heterocycles. The minimum Gasteiger partial charge on any atom is -0.504 e. The Morgan fingerprint density at radius 1 is 1.67 bits per heavy atom. The molecule has 0 spiro atoms. The van der Waals surface area contributed by atoms with Gasteiger partial charge in [-0.05, 0) is 6.92 Å². The summed E-state index contributed by atoms with van der Waals surface area (Å²) in [4.78, 5) is 10.8. The molecule has 0 aromatic carbocycles. The second-order valence-corrected chi connectivity index (χ2v) is 1.81. The van der Waals surface area contributed by atoms with Gasteiger partial charge in [0.25, 0.3) is 0 Å². The highest BCUT2D eigenvalue weighted by atomic mass is 16.5. The van der Waals surface area contributed by atoms with E-state index >= 15 is 0 Å². The van der Waals surface area contributed by atoms with Crippen molar-refractivity contribution in [2.45, 2.75) is 20.3 Å². The summed E-state index contributed by atoms with van der Waals surface area (Å²) in [6, 6.07) is 0. The number of ketones is 1. The topological polar surface area (TPSA) is 26.3 Å². The van der Waals surface area contributed by atoms with E-state index in [1.165, 1.54) is 13.4 Å². The maximum absolute atomic E-state index is 10.8. The summed E-state index contributed by atoms with van der Waals surface area (Å²) in [5.41, 5.74) is 0.681. The molecule has 2 nitrogen and oxygen atoms in total. The Balaban J connectivity index is 3.86. The molecule has 9 heavy (non-hydrogen) atoms. The molecule has 0 aliphatic carbocycles. The van der Waals surface area contributed by atoms with Crippen molar-refractivity contribution < 1.29 is 9.53 Å². The van der Waals surface area contributed by atoms with Gasteiger partial charge in [0.2, 0.25) is 0 Å². The van der Waals surface area contributed by atoms with Gasteiger partial charge in [0.15, 0.2) is 5.78 Å². The normalized spacial score (nSPS) is 11.2. The van der Waals surface area contributed by atoms with Crippen LogP contribution in [0.1, 0.15) is 20.3 Å². The quantitative estimate of drug-likeness (QED) is 0.425. The van der Waals surface area contributed by atoms with Crippen molar-refractivity contribution in [1.29, 1.82) is 0 Å². The molecule has 0 atom stereocenters. The van der Waals surface area contributed by atoms with Crippen LogP contribution in [-0.4, -0.2) is 12.9 Å². The Hall–Kier alpha value is -0.790. The summed E-state index contributed by atoms with van der Waals surface area (Å²) in [5, 5.41) is 0. The molecule has 0 amide bonds. The van der Waals surface area contributed by atoms with Crippen molar-refractivity contribution in [1.82, 2.24) is 0 Å². The monoisotopic (exact) mass is 128 g/mol. The lowest BCUT2D eigenvalue weighted by Crippen LogP contribution is -1.96. The molecular weight excluding hydrogens is 116 g/mol. The zero-order chi connectivity index (χ0) is 7.28. The van der Waals surface area contributed by atoms with Crippen molar-refractivity contribution in [3.8, 4) is 0 Å². The van der Waals surface area contributed by atoms with Crippen molar-refractivity contribution in [2.24, 2.45) is 0 Å². The molecule has 0 radical (unpaired) electrons. The van der Waals surface area contributed by atoms with Gasteiger partial charge in [-0.3, -0.25) is 4.79 Å². The number of carbonyl (C=O) groups excluding carboxylic acids is 1. The molecule has 0 rings (SSSR count). The Morgan fingerprint density at radius 2 is 2.22 bits per heavy atom. The smallest absolute Gasteiger partial charge is 0.161 e. The second-order valence-electron chi connectivity index (χ2n) is 1.81. The first-order valence-corrected chi connectivity index (χ1v) is 2.95. The van der Waals surface area contributed by atoms with E-state index in [2.05, 4.69) is 4.74 Å². The van der Waals surface area contributed by atoms with E-state index in [9.17, 15) is 4.79 Å². The molecule has 0 bridgehead atoms. The van der Waals surface area contributed by atoms with Crippen LogP contribution in [0.15, 0.2) is 11.8 Å². The van der Waals surface area contributed by atoms with E-state index < -0.39 is 0 Å². The standard InChI is InChI=1S/C7H12O2/c1-4-7(8)6(2)5-9-3/h5H,4H2,1-3H3/b6-5+. The van der Waals surface area contributed by atoms with E-state index in [1.54, 1.807) is 6.92 Å². The third-order valence-electron chi connectivity index (χ3n) is 1.06. The zero-order valence-corrected chi connectivity index (χ0v) is 6.10. The number of carbonyl (C=O) groups is 1. The number of rotatable bonds is 3. The van der Waals surface area contributed by atoms with Crippen LogP contribution in [0.25, 0.3) is 0 Å². The Labute approximate surface area is 55.5 Å². The number of ether oxygens (including phenoxy) is 1. The number of hydrogen-bond acceptors (Lipinski definition) is 2. The van der Waals surface area contributed by atoms with Crippen LogP contribution in [0.4, 0.5) is 0 Å². The minimum absolute atomic E-state index is 0.136. The maximum Gasteiger partial charge on any atom is 0.161 e. The van der Waals surface area contributed by atoms with E-state index in [0.717, 1.165) is 0 Å².